The molecule has 0 unspecified atom stereocenters. The lowest BCUT2D eigenvalue weighted by Crippen LogP contribution is -2.18. The fraction of sp³-hybridized carbons (Fsp3) is 0.478. The van der Waals surface area contributed by atoms with Crippen molar-refractivity contribution in [3.63, 3.8) is 0 Å². The van der Waals surface area contributed by atoms with Crippen LogP contribution >= 0.6 is 0 Å². The Hall–Kier alpha value is -2.49. The molecule has 0 saturated carbocycles. The summed E-state index contributed by atoms with van der Waals surface area (Å²) in [5.74, 6) is 0.0928. The highest BCUT2D eigenvalue weighted by molar-refractivity contribution is 7.91. The third-order valence-corrected chi connectivity index (χ3v) is 6.60. The highest BCUT2D eigenvalue weighted by atomic mass is 32.2. The minimum absolute atomic E-state index is 0.0274. The molecule has 0 fully saturated rings. The van der Waals surface area contributed by atoms with Crippen molar-refractivity contribution in [3.8, 4) is 5.75 Å². The van der Waals surface area contributed by atoms with Crippen LogP contribution < -0.4 is 10.2 Å². The predicted molar refractivity (Wildman–Crippen MR) is 120 cm³/mol. The molecule has 2 rings (SSSR count). The quantitative estimate of drug-likeness (QED) is 0.236. The van der Waals surface area contributed by atoms with Crippen LogP contribution in [-0.2, 0) is 32.4 Å². The number of benzene rings is 1. The van der Waals surface area contributed by atoms with Gasteiger partial charge in [0.05, 0.1) is 10.6 Å². The summed E-state index contributed by atoms with van der Waals surface area (Å²) in [6.07, 6.45) is 6.02. The van der Waals surface area contributed by atoms with Crippen LogP contribution in [0.5, 0.6) is 5.75 Å². The molecule has 0 bridgehead atoms. The van der Waals surface area contributed by atoms with Crippen molar-refractivity contribution >= 4 is 15.7 Å². The van der Waals surface area contributed by atoms with E-state index in [0.717, 1.165) is 30.5 Å². The Morgan fingerprint density at radius 3 is 2.47 bits per heavy atom. The number of carbonyl (C=O) groups excluding carboxylic acids is 1. The van der Waals surface area contributed by atoms with Crippen LogP contribution in [-0.4, -0.2) is 43.5 Å². The lowest BCUT2D eigenvalue weighted by Gasteiger charge is -2.09. The maximum atomic E-state index is 12.5. The fourth-order valence-electron chi connectivity index (χ4n) is 2.92. The van der Waals surface area contributed by atoms with E-state index in [1.54, 1.807) is 29.7 Å². The van der Waals surface area contributed by atoms with Crippen LogP contribution in [0.15, 0.2) is 47.5 Å². The van der Waals surface area contributed by atoms with E-state index in [9.17, 15) is 13.2 Å². The number of hydroxylamine groups is 1. The second kappa shape index (κ2) is 13.8. The molecule has 9 heteroatoms. The van der Waals surface area contributed by atoms with Crippen LogP contribution in [0.4, 0.5) is 0 Å². The van der Waals surface area contributed by atoms with Gasteiger partial charge in [0.15, 0.2) is 9.84 Å². The number of nitrogens with zero attached hydrogens (tertiary/aromatic N) is 1. The zero-order valence-electron chi connectivity index (χ0n) is 18.5. The topological polar surface area (TPSA) is 115 Å². The van der Waals surface area contributed by atoms with Crippen molar-refractivity contribution in [2.24, 2.45) is 0 Å². The van der Waals surface area contributed by atoms with E-state index in [1.807, 2.05) is 18.3 Å². The number of ether oxygens (including phenoxy) is 2. The summed E-state index contributed by atoms with van der Waals surface area (Å²) in [5, 5.41) is 8.39. The first-order valence-corrected chi connectivity index (χ1v) is 12.5. The number of sulfone groups is 1. The molecule has 0 radical (unpaired) electrons. The number of rotatable bonds is 15. The van der Waals surface area contributed by atoms with Crippen molar-refractivity contribution in [2.75, 3.05) is 19.0 Å². The molecule has 0 aliphatic heterocycles. The van der Waals surface area contributed by atoms with E-state index in [-0.39, 0.29) is 23.7 Å². The number of amides is 1. The van der Waals surface area contributed by atoms with Gasteiger partial charge in [0.2, 0.25) is 5.91 Å². The third-order valence-electron chi connectivity index (χ3n) is 4.78. The Bertz CT molecular complexity index is 915. The summed E-state index contributed by atoms with van der Waals surface area (Å²) in [5.41, 5.74) is 3.58. The van der Waals surface area contributed by atoms with Crippen LogP contribution in [0.2, 0.25) is 0 Å². The molecule has 1 aromatic carbocycles. The molecule has 0 spiro atoms. The number of hydrogen-bond donors (Lipinski definition) is 2. The standard InChI is InChI=1S/C23H32N2O6S/c1-2-3-6-20-9-8-19(17-24-20)18-31-21-10-12-22(13-11-21)32(28,29)16-5-15-30-14-4-7-23(26)25-27/h8-13,17,27H,2-7,14-16,18H2,1H3,(H,25,26). The highest BCUT2D eigenvalue weighted by Crippen LogP contribution is 2.19. The van der Waals surface area contributed by atoms with E-state index >= 15 is 0 Å². The smallest absolute Gasteiger partial charge is 0.243 e. The largest absolute Gasteiger partial charge is 0.489 e. The molecule has 8 nitrogen and oxygen atoms in total. The van der Waals surface area contributed by atoms with Crippen LogP contribution in [0.1, 0.15) is 50.3 Å². The number of aryl methyl sites for hydroxylation is 1. The Morgan fingerprint density at radius 1 is 1.06 bits per heavy atom. The molecular weight excluding hydrogens is 432 g/mol. The van der Waals surface area contributed by atoms with Crippen molar-refractivity contribution in [2.45, 2.75) is 57.0 Å². The van der Waals surface area contributed by atoms with Gasteiger partial charge in [0.25, 0.3) is 0 Å². The molecule has 1 aromatic heterocycles. The van der Waals surface area contributed by atoms with Gasteiger partial charge in [-0.2, -0.15) is 0 Å². The number of hydrogen-bond acceptors (Lipinski definition) is 7. The maximum absolute atomic E-state index is 12.5. The Balaban J connectivity index is 1.72. The Morgan fingerprint density at radius 2 is 1.81 bits per heavy atom. The molecule has 0 atom stereocenters. The minimum atomic E-state index is -3.41. The zero-order chi connectivity index (χ0) is 23.2. The predicted octanol–water partition coefficient (Wildman–Crippen LogP) is 3.47. The molecule has 32 heavy (non-hydrogen) atoms. The maximum Gasteiger partial charge on any atom is 0.243 e. The zero-order valence-corrected chi connectivity index (χ0v) is 19.3. The molecule has 176 valence electrons. The van der Waals surface area contributed by atoms with Crippen LogP contribution in [0, 0.1) is 0 Å². The van der Waals surface area contributed by atoms with Gasteiger partial charge < -0.3 is 9.47 Å². The van der Waals surface area contributed by atoms with Gasteiger partial charge in [-0.25, -0.2) is 13.9 Å². The summed E-state index contributed by atoms with van der Waals surface area (Å²) < 4.78 is 36.0. The summed E-state index contributed by atoms with van der Waals surface area (Å²) in [4.78, 5) is 15.5. The molecule has 2 aromatic rings. The van der Waals surface area contributed by atoms with E-state index in [0.29, 0.717) is 31.8 Å². The summed E-state index contributed by atoms with van der Waals surface area (Å²) in [6, 6.07) is 10.4. The van der Waals surface area contributed by atoms with E-state index in [2.05, 4.69) is 11.9 Å². The first-order valence-electron chi connectivity index (χ1n) is 10.8. The number of pyridine rings is 1. The van der Waals surface area contributed by atoms with E-state index in [4.69, 9.17) is 14.7 Å². The average molecular weight is 465 g/mol. The number of nitrogens with one attached hydrogen (secondary N) is 1. The Labute approximate surface area is 189 Å². The molecule has 0 aliphatic rings. The van der Waals surface area contributed by atoms with Gasteiger partial charge in [-0.3, -0.25) is 15.0 Å². The highest BCUT2D eigenvalue weighted by Gasteiger charge is 2.14. The summed E-state index contributed by atoms with van der Waals surface area (Å²) in [7, 11) is -3.41. The first-order chi connectivity index (χ1) is 15.4. The molecule has 1 heterocycles. The molecule has 2 N–H and O–H groups in total. The second-order valence-electron chi connectivity index (χ2n) is 7.44. The lowest BCUT2D eigenvalue weighted by molar-refractivity contribution is -0.129. The van der Waals surface area contributed by atoms with E-state index in [1.165, 1.54) is 0 Å². The van der Waals surface area contributed by atoms with Gasteiger partial charge in [0, 0.05) is 37.1 Å². The normalized spacial score (nSPS) is 11.3. The SMILES string of the molecule is CCCCc1ccc(COc2ccc(S(=O)(=O)CCCOCCCC(=O)NO)cc2)cn1. The third kappa shape index (κ3) is 9.33. The van der Waals surface area contributed by atoms with Crippen molar-refractivity contribution in [3.05, 3.63) is 53.9 Å². The monoisotopic (exact) mass is 464 g/mol. The van der Waals surface area contributed by atoms with Gasteiger partial charge in [-0.1, -0.05) is 19.4 Å². The summed E-state index contributed by atoms with van der Waals surface area (Å²) in [6.45, 7) is 3.13. The minimum Gasteiger partial charge on any atom is -0.489 e. The molecule has 0 saturated heterocycles. The first kappa shape index (κ1) is 25.8. The van der Waals surface area contributed by atoms with Crippen molar-refractivity contribution < 1.29 is 27.9 Å². The van der Waals surface area contributed by atoms with Gasteiger partial charge in [-0.05, 0) is 56.0 Å². The van der Waals surface area contributed by atoms with E-state index < -0.39 is 15.7 Å². The lowest BCUT2D eigenvalue weighted by atomic mass is 10.2. The van der Waals surface area contributed by atoms with Crippen LogP contribution in [0.3, 0.4) is 0 Å². The van der Waals surface area contributed by atoms with Gasteiger partial charge in [0.1, 0.15) is 12.4 Å². The molecule has 1 amide bonds. The fourth-order valence-corrected chi connectivity index (χ4v) is 4.20. The van der Waals surface area contributed by atoms with Crippen LogP contribution in [0.25, 0.3) is 0 Å². The number of aromatic nitrogens is 1. The number of carbonyl (C=O) groups is 1. The number of unbranched alkanes of at least 4 members (excludes halogenated alkanes) is 1. The van der Waals surface area contributed by atoms with Crippen molar-refractivity contribution in [1.29, 1.82) is 0 Å². The van der Waals surface area contributed by atoms with Gasteiger partial charge in [-0.15, -0.1) is 0 Å². The summed E-state index contributed by atoms with van der Waals surface area (Å²) >= 11 is 0. The van der Waals surface area contributed by atoms with Crippen molar-refractivity contribution in [1.82, 2.24) is 10.5 Å². The average Bonchev–Trinajstić information content (AvgIpc) is 2.81. The Kier molecular flexibility index (Phi) is 11.1. The van der Waals surface area contributed by atoms with Gasteiger partial charge >= 0.3 is 0 Å². The molecular formula is C23H32N2O6S. The second-order valence-corrected chi connectivity index (χ2v) is 9.55. The molecule has 0 aliphatic carbocycles.